The number of hydrogen-bond acceptors (Lipinski definition) is 4. The highest BCUT2D eigenvalue weighted by atomic mass is 16.5. The van der Waals surface area contributed by atoms with Gasteiger partial charge in [0.15, 0.2) is 0 Å². The predicted octanol–water partition coefficient (Wildman–Crippen LogP) is 3.61. The van der Waals surface area contributed by atoms with E-state index in [1.165, 1.54) is 0 Å². The molecule has 4 nitrogen and oxygen atoms in total. The van der Waals surface area contributed by atoms with Crippen LogP contribution in [0.1, 0.15) is 12.5 Å². The molecule has 0 unspecified atom stereocenters. The Morgan fingerprint density at radius 2 is 1.85 bits per heavy atom. The number of ether oxygens (including phenoxy) is 3. The molecule has 0 radical (unpaired) electrons. The molecule has 2 aromatic rings. The molecule has 0 aliphatic heterocycles. The summed E-state index contributed by atoms with van der Waals surface area (Å²) in [6, 6.07) is 13.2. The molecule has 0 atom stereocenters. The van der Waals surface area contributed by atoms with Crippen LogP contribution in [0.2, 0.25) is 0 Å². The summed E-state index contributed by atoms with van der Waals surface area (Å²) in [6.07, 6.45) is 0. The Hall–Kier alpha value is -2.20. The van der Waals surface area contributed by atoms with Crippen molar-refractivity contribution in [2.75, 3.05) is 19.5 Å². The molecule has 2 N–H and O–H groups in total. The van der Waals surface area contributed by atoms with Gasteiger partial charge in [-0.25, -0.2) is 0 Å². The van der Waals surface area contributed by atoms with E-state index >= 15 is 0 Å². The molecule has 2 aromatic carbocycles. The third-order valence-electron chi connectivity index (χ3n) is 2.73. The predicted molar refractivity (Wildman–Crippen MR) is 79.3 cm³/mol. The minimum atomic E-state index is 0.559. The Morgan fingerprint density at radius 3 is 2.60 bits per heavy atom. The van der Waals surface area contributed by atoms with E-state index in [-0.39, 0.29) is 0 Å². The van der Waals surface area contributed by atoms with Crippen molar-refractivity contribution in [2.45, 2.75) is 13.5 Å². The van der Waals surface area contributed by atoms with Crippen molar-refractivity contribution in [2.24, 2.45) is 0 Å². The van der Waals surface area contributed by atoms with Gasteiger partial charge < -0.3 is 19.9 Å². The maximum absolute atomic E-state index is 5.84. The van der Waals surface area contributed by atoms with Crippen LogP contribution < -0.4 is 15.2 Å². The maximum Gasteiger partial charge on any atom is 0.145 e. The third-order valence-corrected chi connectivity index (χ3v) is 2.73. The van der Waals surface area contributed by atoms with Crippen LogP contribution in [0.3, 0.4) is 0 Å². The zero-order chi connectivity index (χ0) is 14.4. The fraction of sp³-hybridized carbons (Fsp3) is 0.250. The number of rotatable bonds is 6. The number of methoxy groups -OCH3 is 1. The second kappa shape index (κ2) is 6.82. The lowest BCUT2D eigenvalue weighted by Crippen LogP contribution is -1.97. The van der Waals surface area contributed by atoms with Gasteiger partial charge in [-0.3, -0.25) is 0 Å². The first-order chi connectivity index (χ1) is 9.72. The average Bonchev–Trinajstić information content (AvgIpc) is 2.44. The fourth-order valence-corrected chi connectivity index (χ4v) is 1.86. The van der Waals surface area contributed by atoms with Gasteiger partial charge in [-0.1, -0.05) is 12.1 Å². The summed E-state index contributed by atoms with van der Waals surface area (Å²) in [6.45, 7) is 3.04. The van der Waals surface area contributed by atoms with Crippen molar-refractivity contribution in [3.05, 3.63) is 48.0 Å². The van der Waals surface area contributed by atoms with Crippen LogP contribution in [-0.2, 0) is 11.3 Å². The van der Waals surface area contributed by atoms with E-state index < -0.39 is 0 Å². The summed E-state index contributed by atoms with van der Waals surface area (Å²) in [5, 5.41) is 0. The van der Waals surface area contributed by atoms with Crippen LogP contribution in [0, 0.1) is 0 Å². The van der Waals surface area contributed by atoms with E-state index in [1.54, 1.807) is 19.2 Å². The molecule has 0 amide bonds. The lowest BCUT2D eigenvalue weighted by Gasteiger charge is -2.11. The van der Waals surface area contributed by atoms with Crippen molar-refractivity contribution in [3.8, 4) is 17.2 Å². The first-order valence-electron chi connectivity index (χ1n) is 6.51. The molecule has 0 spiro atoms. The first-order valence-corrected chi connectivity index (χ1v) is 6.51. The maximum atomic E-state index is 5.84. The molecule has 0 aromatic heterocycles. The minimum absolute atomic E-state index is 0.559. The summed E-state index contributed by atoms with van der Waals surface area (Å²) >= 11 is 0. The Kier molecular flexibility index (Phi) is 4.85. The lowest BCUT2D eigenvalue weighted by molar-refractivity contribution is 0.184. The summed E-state index contributed by atoms with van der Waals surface area (Å²) in [5.74, 6) is 2.09. The van der Waals surface area contributed by atoms with Gasteiger partial charge in [-0.05, 0) is 36.8 Å². The molecule has 0 fully saturated rings. The summed E-state index contributed by atoms with van der Waals surface area (Å²) in [4.78, 5) is 0. The van der Waals surface area contributed by atoms with Crippen molar-refractivity contribution >= 4 is 5.69 Å². The highest BCUT2D eigenvalue weighted by Crippen LogP contribution is 2.30. The molecular weight excluding hydrogens is 254 g/mol. The molecule has 106 valence electrons. The molecule has 0 aliphatic carbocycles. The van der Waals surface area contributed by atoms with E-state index in [1.807, 2.05) is 37.3 Å². The second-order valence-electron chi connectivity index (χ2n) is 4.32. The molecule has 0 aliphatic rings. The number of hydrogen-bond donors (Lipinski definition) is 1. The SMILES string of the molecule is CCOc1cc(Oc2cccc(COC)c2)ccc1N. The Labute approximate surface area is 119 Å². The van der Waals surface area contributed by atoms with Crippen molar-refractivity contribution in [1.82, 2.24) is 0 Å². The molecule has 20 heavy (non-hydrogen) atoms. The zero-order valence-corrected chi connectivity index (χ0v) is 11.8. The van der Waals surface area contributed by atoms with Crippen molar-refractivity contribution in [3.63, 3.8) is 0 Å². The summed E-state index contributed by atoms with van der Waals surface area (Å²) in [7, 11) is 1.67. The standard InChI is InChI=1S/C16H19NO3/c1-3-19-16-10-14(7-8-15(16)17)20-13-6-4-5-12(9-13)11-18-2/h4-10H,3,11,17H2,1-2H3. The first kappa shape index (κ1) is 14.2. The molecule has 0 heterocycles. The highest BCUT2D eigenvalue weighted by Gasteiger charge is 2.04. The molecule has 4 heteroatoms. The Morgan fingerprint density at radius 1 is 1.05 bits per heavy atom. The van der Waals surface area contributed by atoms with Crippen LogP contribution >= 0.6 is 0 Å². The van der Waals surface area contributed by atoms with E-state index in [4.69, 9.17) is 19.9 Å². The Bertz CT molecular complexity index is 569. The Balaban J connectivity index is 2.17. The van der Waals surface area contributed by atoms with Gasteiger partial charge in [0, 0.05) is 13.2 Å². The van der Waals surface area contributed by atoms with Crippen LogP contribution in [0.4, 0.5) is 5.69 Å². The minimum Gasteiger partial charge on any atom is -0.492 e. The topological polar surface area (TPSA) is 53.7 Å². The van der Waals surface area contributed by atoms with Crippen LogP contribution in [0.5, 0.6) is 17.2 Å². The monoisotopic (exact) mass is 273 g/mol. The van der Waals surface area contributed by atoms with E-state index in [0.717, 1.165) is 11.3 Å². The smallest absolute Gasteiger partial charge is 0.145 e. The molecule has 2 rings (SSSR count). The number of benzene rings is 2. The quantitative estimate of drug-likeness (QED) is 0.817. The molecule has 0 saturated heterocycles. The van der Waals surface area contributed by atoms with Gasteiger partial charge in [-0.15, -0.1) is 0 Å². The van der Waals surface area contributed by atoms with Gasteiger partial charge in [0.25, 0.3) is 0 Å². The van der Waals surface area contributed by atoms with Gasteiger partial charge >= 0.3 is 0 Å². The number of nitrogen functional groups attached to an aromatic ring is 1. The van der Waals surface area contributed by atoms with E-state index in [9.17, 15) is 0 Å². The van der Waals surface area contributed by atoms with E-state index in [2.05, 4.69) is 0 Å². The summed E-state index contributed by atoms with van der Waals surface area (Å²) in [5.41, 5.74) is 7.50. The van der Waals surface area contributed by atoms with Gasteiger partial charge in [0.05, 0.1) is 18.9 Å². The molecule has 0 saturated carbocycles. The van der Waals surface area contributed by atoms with Crippen LogP contribution in [0.25, 0.3) is 0 Å². The second-order valence-corrected chi connectivity index (χ2v) is 4.32. The van der Waals surface area contributed by atoms with Gasteiger partial charge in [0.2, 0.25) is 0 Å². The highest BCUT2D eigenvalue weighted by molar-refractivity contribution is 5.56. The van der Waals surface area contributed by atoms with Crippen LogP contribution in [-0.4, -0.2) is 13.7 Å². The molecular formula is C16H19NO3. The van der Waals surface area contributed by atoms with Crippen molar-refractivity contribution < 1.29 is 14.2 Å². The van der Waals surface area contributed by atoms with Gasteiger partial charge in [0.1, 0.15) is 17.2 Å². The van der Waals surface area contributed by atoms with E-state index in [0.29, 0.717) is 30.4 Å². The van der Waals surface area contributed by atoms with Gasteiger partial charge in [-0.2, -0.15) is 0 Å². The summed E-state index contributed by atoms with van der Waals surface area (Å²) < 4.78 is 16.4. The third kappa shape index (κ3) is 3.65. The number of anilines is 1. The normalized spacial score (nSPS) is 10.3. The largest absolute Gasteiger partial charge is 0.492 e. The zero-order valence-electron chi connectivity index (χ0n) is 11.8. The average molecular weight is 273 g/mol. The van der Waals surface area contributed by atoms with Crippen LogP contribution in [0.15, 0.2) is 42.5 Å². The molecule has 0 bridgehead atoms. The van der Waals surface area contributed by atoms with Crippen molar-refractivity contribution in [1.29, 1.82) is 0 Å². The number of nitrogens with two attached hydrogens (primary N) is 1. The fourth-order valence-electron chi connectivity index (χ4n) is 1.86. The lowest BCUT2D eigenvalue weighted by atomic mass is 10.2.